The second-order valence-electron chi connectivity index (χ2n) is 5.91. The molecule has 2 heteroatoms. The molecule has 1 aliphatic carbocycles. The number of unbranched alkanes of at least 4 members (excludes halogenated alkanes) is 4. The summed E-state index contributed by atoms with van der Waals surface area (Å²) in [6.45, 7) is 0.542. The van der Waals surface area contributed by atoms with Gasteiger partial charge >= 0.3 is 5.97 Å². The number of rotatable bonds is 10. The van der Waals surface area contributed by atoms with Gasteiger partial charge in [0.2, 0.25) is 0 Å². The molecule has 0 radical (unpaired) electrons. The molecular weight excluding hydrogens is 260 g/mol. The van der Waals surface area contributed by atoms with Crippen molar-refractivity contribution in [2.24, 2.45) is 5.92 Å². The quantitative estimate of drug-likeness (QED) is 0.344. The standard InChI is InChI=1S/C19H26O2/c20-19(15-14-17-9-6-4-7-10-17)21-16-8-3-1-2-5-11-18-12-13-18/h4,6-7,9-10,14-15,18H,1-3,5,8,11-13,16H2. The van der Waals surface area contributed by atoms with E-state index in [4.69, 9.17) is 4.74 Å². The Balaban J connectivity index is 1.44. The van der Waals surface area contributed by atoms with Gasteiger partial charge in [-0.2, -0.15) is 0 Å². The summed E-state index contributed by atoms with van der Waals surface area (Å²) in [5, 5.41) is 0. The lowest BCUT2D eigenvalue weighted by molar-refractivity contribution is -0.137. The maximum absolute atomic E-state index is 11.5. The van der Waals surface area contributed by atoms with Gasteiger partial charge in [0.15, 0.2) is 0 Å². The first-order valence-corrected chi connectivity index (χ1v) is 8.24. The van der Waals surface area contributed by atoms with Gasteiger partial charge < -0.3 is 4.74 Å². The molecule has 0 unspecified atom stereocenters. The molecule has 1 saturated carbocycles. The predicted octanol–water partition coefficient (Wildman–Crippen LogP) is 4.99. The van der Waals surface area contributed by atoms with Gasteiger partial charge in [0.1, 0.15) is 0 Å². The van der Waals surface area contributed by atoms with Crippen molar-refractivity contribution in [1.82, 2.24) is 0 Å². The van der Waals surface area contributed by atoms with Gasteiger partial charge in [-0.05, 0) is 24.0 Å². The summed E-state index contributed by atoms with van der Waals surface area (Å²) in [7, 11) is 0. The molecule has 1 fully saturated rings. The Hall–Kier alpha value is -1.57. The van der Waals surface area contributed by atoms with E-state index in [0.717, 1.165) is 17.9 Å². The number of ether oxygens (including phenoxy) is 1. The number of esters is 1. The molecule has 0 bridgehead atoms. The van der Waals surface area contributed by atoms with Crippen molar-refractivity contribution in [3.63, 3.8) is 0 Å². The highest BCUT2D eigenvalue weighted by Crippen LogP contribution is 2.34. The zero-order valence-electron chi connectivity index (χ0n) is 12.8. The molecule has 1 aromatic carbocycles. The smallest absolute Gasteiger partial charge is 0.330 e. The minimum absolute atomic E-state index is 0.243. The monoisotopic (exact) mass is 286 g/mol. The Morgan fingerprint density at radius 3 is 2.52 bits per heavy atom. The molecule has 114 valence electrons. The van der Waals surface area contributed by atoms with Gasteiger partial charge in [-0.3, -0.25) is 0 Å². The minimum Gasteiger partial charge on any atom is -0.463 e. The van der Waals surface area contributed by atoms with E-state index in [1.54, 1.807) is 6.08 Å². The molecule has 0 saturated heterocycles. The van der Waals surface area contributed by atoms with Crippen molar-refractivity contribution in [3.8, 4) is 0 Å². The van der Waals surface area contributed by atoms with Crippen molar-refractivity contribution in [1.29, 1.82) is 0 Å². The molecule has 0 N–H and O–H groups in total. The summed E-state index contributed by atoms with van der Waals surface area (Å²) < 4.78 is 5.19. The Morgan fingerprint density at radius 1 is 1.05 bits per heavy atom. The largest absolute Gasteiger partial charge is 0.463 e. The van der Waals surface area contributed by atoms with Gasteiger partial charge in [0, 0.05) is 6.08 Å². The van der Waals surface area contributed by atoms with E-state index in [-0.39, 0.29) is 5.97 Å². The number of carbonyl (C=O) groups is 1. The fourth-order valence-electron chi connectivity index (χ4n) is 2.42. The van der Waals surface area contributed by atoms with Crippen molar-refractivity contribution >= 4 is 12.0 Å². The van der Waals surface area contributed by atoms with Crippen LogP contribution in [0.4, 0.5) is 0 Å². The first kappa shape index (κ1) is 15.8. The van der Waals surface area contributed by atoms with E-state index in [1.165, 1.54) is 51.0 Å². The maximum atomic E-state index is 11.5. The first-order chi connectivity index (χ1) is 10.3. The molecule has 0 aromatic heterocycles. The maximum Gasteiger partial charge on any atom is 0.330 e. The van der Waals surface area contributed by atoms with Crippen molar-refractivity contribution < 1.29 is 9.53 Å². The van der Waals surface area contributed by atoms with E-state index in [2.05, 4.69) is 0 Å². The zero-order valence-corrected chi connectivity index (χ0v) is 12.8. The summed E-state index contributed by atoms with van der Waals surface area (Å²) in [6, 6.07) is 9.79. The average Bonchev–Trinajstić information content (AvgIpc) is 3.33. The van der Waals surface area contributed by atoms with Gasteiger partial charge in [0.05, 0.1) is 6.61 Å². The molecule has 0 aliphatic heterocycles. The molecule has 2 nitrogen and oxygen atoms in total. The fourth-order valence-corrected chi connectivity index (χ4v) is 2.42. The van der Waals surface area contributed by atoms with Gasteiger partial charge in [-0.15, -0.1) is 0 Å². The number of hydrogen-bond donors (Lipinski definition) is 0. The fraction of sp³-hybridized carbons (Fsp3) is 0.526. The zero-order chi connectivity index (χ0) is 14.8. The molecule has 21 heavy (non-hydrogen) atoms. The predicted molar refractivity (Wildman–Crippen MR) is 86.9 cm³/mol. The van der Waals surface area contributed by atoms with E-state index < -0.39 is 0 Å². The van der Waals surface area contributed by atoms with Crippen LogP contribution in [-0.2, 0) is 9.53 Å². The molecule has 2 rings (SSSR count). The topological polar surface area (TPSA) is 26.3 Å². The van der Waals surface area contributed by atoms with Crippen molar-refractivity contribution in [2.75, 3.05) is 6.61 Å². The lowest BCUT2D eigenvalue weighted by Gasteiger charge is -2.02. The second kappa shape index (κ2) is 9.38. The Labute approximate surface area is 128 Å². The van der Waals surface area contributed by atoms with Crippen LogP contribution in [-0.4, -0.2) is 12.6 Å². The van der Waals surface area contributed by atoms with Crippen LogP contribution < -0.4 is 0 Å². The van der Waals surface area contributed by atoms with Crippen LogP contribution >= 0.6 is 0 Å². The SMILES string of the molecule is O=C(C=Cc1ccccc1)OCCCCCCCC1CC1. The highest BCUT2D eigenvalue weighted by molar-refractivity contribution is 5.86. The third-order valence-electron chi connectivity index (χ3n) is 3.91. The van der Waals surface area contributed by atoms with Crippen molar-refractivity contribution in [3.05, 3.63) is 42.0 Å². The van der Waals surface area contributed by atoms with Crippen LogP contribution in [0.5, 0.6) is 0 Å². The molecule has 0 atom stereocenters. The Morgan fingerprint density at radius 2 is 1.76 bits per heavy atom. The summed E-state index contributed by atoms with van der Waals surface area (Å²) in [6.07, 6.45) is 13.8. The first-order valence-electron chi connectivity index (χ1n) is 8.24. The Kier molecular flexibility index (Phi) is 7.06. The molecule has 0 spiro atoms. The normalized spacial score (nSPS) is 14.5. The second-order valence-corrected chi connectivity index (χ2v) is 5.91. The molecule has 0 heterocycles. The minimum atomic E-state index is -0.243. The van der Waals surface area contributed by atoms with Crippen LogP contribution in [0.2, 0.25) is 0 Å². The molecule has 0 amide bonds. The van der Waals surface area contributed by atoms with Crippen LogP contribution in [0.1, 0.15) is 56.9 Å². The highest BCUT2D eigenvalue weighted by Gasteiger charge is 2.19. The van der Waals surface area contributed by atoms with Crippen LogP contribution in [0, 0.1) is 5.92 Å². The summed E-state index contributed by atoms with van der Waals surface area (Å²) in [4.78, 5) is 11.5. The average molecular weight is 286 g/mol. The lowest BCUT2D eigenvalue weighted by Crippen LogP contribution is -2.02. The van der Waals surface area contributed by atoms with Crippen molar-refractivity contribution in [2.45, 2.75) is 51.4 Å². The third-order valence-corrected chi connectivity index (χ3v) is 3.91. The third kappa shape index (κ3) is 7.69. The van der Waals surface area contributed by atoms with E-state index in [0.29, 0.717) is 6.61 Å². The van der Waals surface area contributed by atoms with Crippen LogP contribution in [0.15, 0.2) is 36.4 Å². The molecule has 1 aliphatic rings. The molecular formula is C19H26O2. The number of carbonyl (C=O) groups excluding carboxylic acids is 1. The van der Waals surface area contributed by atoms with E-state index in [1.807, 2.05) is 30.3 Å². The summed E-state index contributed by atoms with van der Waals surface area (Å²) in [5.74, 6) is 0.815. The van der Waals surface area contributed by atoms with Gasteiger partial charge in [-0.1, -0.05) is 75.3 Å². The molecule has 1 aromatic rings. The van der Waals surface area contributed by atoms with E-state index in [9.17, 15) is 4.79 Å². The Bertz CT molecular complexity index is 432. The highest BCUT2D eigenvalue weighted by atomic mass is 16.5. The number of benzene rings is 1. The van der Waals surface area contributed by atoms with Crippen LogP contribution in [0.25, 0.3) is 6.08 Å². The van der Waals surface area contributed by atoms with Crippen LogP contribution in [0.3, 0.4) is 0 Å². The van der Waals surface area contributed by atoms with Gasteiger partial charge in [0.25, 0.3) is 0 Å². The summed E-state index contributed by atoms with van der Waals surface area (Å²) >= 11 is 0. The van der Waals surface area contributed by atoms with E-state index >= 15 is 0 Å². The van der Waals surface area contributed by atoms with Gasteiger partial charge in [-0.25, -0.2) is 4.79 Å². The summed E-state index contributed by atoms with van der Waals surface area (Å²) in [5.41, 5.74) is 1.02. The number of hydrogen-bond acceptors (Lipinski definition) is 2. The lowest BCUT2D eigenvalue weighted by atomic mass is 10.1.